The fourth-order valence-electron chi connectivity index (χ4n) is 2.30. The lowest BCUT2D eigenvalue weighted by Crippen LogP contribution is -2.41. The summed E-state index contributed by atoms with van der Waals surface area (Å²) in [5, 5.41) is 4.18. The molecule has 1 amide bonds. The van der Waals surface area contributed by atoms with Gasteiger partial charge in [0.25, 0.3) is 0 Å². The minimum atomic E-state index is -0.425. The van der Waals surface area contributed by atoms with Gasteiger partial charge in [0.1, 0.15) is 6.61 Å². The third-order valence-electron chi connectivity index (χ3n) is 3.40. The molecule has 19 heavy (non-hydrogen) atoms. The summed E-state index contributed by atoms with van der Waals surface area (Å²) < 4.78 is 5.09. The van der Waals surface area contributed by atoms with Crippen LogP contribution in [0, 0.1) is 0 Å². The van der Waals surface area contributed by atoms with E-state index in [1.807, 2.05) is 12.1 Å². The van der Waals surface area contributed by atoms with Crippen LogP contribution in [-0.4, -0.2) is 31.7 Å². The van der Waals surface area contributed by atoms with Gasteiger partial charge in [-0.3, -0.25) is 4.79 Å². The molecule has 1 saturated carbocycles. The molecule has 4 nitrogen and oxygen atoms in total. The Morgan fingerprint density at radius 3 is 2.68 bits per heavy atom. The zero-order valence-electron chi connectivity index (χ0n) is 10.8. The van der Waals surface area contributed by atoms with Crippen LogP contribution in [0.1, 0.15) is 24.3 Å². The highest BCUT2D eigenvalue weighted by atomic mass is 35.5. The van der Waals surface area contributed by atoms with Gasteiger partial charge in [0, 0.05) is 17.6 Å². The average Bonchev–Trinajstić information content (AvgIpc) is 2.32. The maximum atomic E-state index is 10.5. The summed E-state index contributed by atoms with van der Waals surface area (Å²) in [5.41, 5.74) is 6.33. The number of halogens is 1. The van der Waals surface area contributed by atoms with Crippen LogP contribution in [-0.2, 0) is 9.53 Å². The Labute approximate surface area is 118 Å². The number of hydrogen-bond acceptors (Lipinski definition) is 3. The molecule has 104 valence electrons. The van der Waals surface area contributed by atoms with Gasteiger partial charge in [0.2, 0.25) is 5.91 Å². The lowest BCUT2D eigenvalue weighted by Gasteiger charge is -2.36. The molecular formula is C14H19ClN2O2. The smallest absolute Gasteiger partial charge is 0.243 e. The van der Waals surface area contributed by atoms with E-state index in [1.54, 1.807) is 0 Å². The molecule has 0 bridgehead atoms. The number of benzene rings is 1. The monoisotopic (exact) mass is 282 g/mol. The molecule has 1 aromatic carbocycles. The number of carbonyl (C=O) groups excluding carboxylic acids is 1. The van der Waals surface area contributed by atoms with Crippen molar-refractivity contribution < 1.29 is 9.53 Å². The van der Waals surface area contributed by atoms with Crippen LogP contribution >= 0.6 is 11.6 Å². The molecule has 1 aliphatic carbocycles. The SMILES string of the molecule is NC(=O)COCCNC1CC(c2ccc(Cl)cc2)C1. The van der Waals surface area contributed by atoms with Crippen molar-refractivity contribution in [3.63, 3.8) is 0 Å². The van der Waals surface area contributed by atoms with Gasteiger partial charge in [-0.1, -0.05) is 23.7 Å². The molecule has 2 rings (SSSR count). The predicted molar refractivity (Wildman–Crippen MR) is 75.2 cm³/mol. The summed E-state index contributed by atoms with van der Waals surface area (Å²) in [6, 6.07) is 8.61. The number of nitrogens with two attached hydrogens (primary N) is 1. The Kier molecular flexibility index (Phi) is 5.19. The molecule has 0 heterocycles. The summed E-state index contributed by atoms with van der Waals surface area (Å²) >= 11 is 5.87. The van der Waals surface area contributed by atoms with Crippen molar-refractivity contribution in [2.75, 3.05) is 19.8 Å². The van der Waals surface area contributed by atoms with Gasteiger partial charge in [-0.2, -0.15) is 0 Å². The van der Waals surface area contributed by atoms with Gasteiger partial charge < -0.3 is 15.8 Å². The first-order chi connectivity index (χ1) is 9.15. The fraction of sp³-hybridized carbons (Fsp3) is 0.500. The summed E-state index contributed by atoms with van der Waals surface area (Å²) in [4.78, 5) is 10.5. The Morgan fingerprint density at radius 2 is 2.05 bits per heavy atom. The highest BCUT2D eigenvalue weighted by molar-refractivity contribution is 6.30. The highest BCUT2D eigenvalue weighted by Crippen LogP contribution is 2.37. The Balaban J connectivity index is 1.59. The first-order valence-corrected chi connectivity index (χ1v) is 6.88. The normalized spacial score (nSPS) is 21.9. The molecule has 1 aliphatic rings. The third kappa shape index (κ3) is 4.49. The number of hydrogen-bond donors (Lipinski definition) is 2. The van der Waals surface area contributed by atoms with E-state index in [0.717, 1.165) is 24.4 Å². The van der Waals surface area contributed by atoms with Crippen LogP contribution in [0.25, 0.3) is 0 Å². The van der Waals surface area contributed by atoms with Crippen molar-refractivity contribution >= 4 is 17.5 Å². The summed E-state index contributed by atoms with van der Waals surface area (Å²) in [6.45, 7) is 1.27. The van der Waals surface area contributed by atoms with Crippen molar-refractivity contribution in [3.05, 3.63) is 34.9 Å². The van der Waals surface area contributed by atoms with E-state index in [9.17, 15) is 4.79 Å². The van der Waals surface area contributed by atoms with Crippen molar-refractivity contribution in [2.45, 2.75) is 24.8 Å². The standard InChI is InChI=1S/C14H19ClN2O2/c15-12-3-1-10(2-4-12)11-7-13(8-11)17-5-6-19-9-14(16)18/h1-4,11,13,17H,5-9H2,(H2,16,18). The van der Waals surface area contributed by atoms with Crippen LogP contribution in [0.5, 0.6) is 0 Å². The number of carbonyl (C=O) groups is 1. The summed E-state index contributed by atoms with van der Waals surface area (Å²) in [7, 11) is 0. The average molecular weight is 283 g/mol. The minimum absolute atomic E-state index is 0.000252. The second kappa shape index (κ2) is 6.89. The molecular weight excluding hydrogens is 264 g/mol. The van der Waals surface area contributed by atoms with Crippen molar-refractivity contribution in [3.8, 4) is 0 Å². The third-order valence-corrected chi connectivity index (χ3v) is 3.66. The topological polar surface area (TPSA) is 64.4 Å². The second-order valence-corrected chi connectivity index (χ2v) is 5.33. The second-order valence-electron chi connectivity index (χ2n) is 4.89. The molecule has 0 aliphatic heterocycles. The van der Waals surface area contributed by atoms with E-state index in [2.05, 4.69) is 17.4 Å². The molecule has 0 atom stereocenters. The molecule has 3 N–H and O–H groups in total. The lowest BCUT2D eigenvalue weighted by atomic mass is 9.76. The van der Waals surface area contributed by atoms with Crippen LogP contribution in [0.3, 0.4) is 0 Å². The van der Waals surface area contributed by atoms with E-state index in [0.29, 0.717) is 18.6 Å². The molecule has 0 aromatic heterocycles. The van der Waals surface area contributed by atoms with E-state index in [4.69, 9.17) is 22.1 Å². The largest absolute Gasteiger partial charge is 0.370 e. The quantitative estimate of drug-likeness (QED) is 0.748. The van der Waals surface area contributed by atoms with Gasteiger partial charge in [-0.05, 0) is 36.5 Å². The van der Waals surface area contributed by atoms with Gasteiger partial charge in [0.05, 0.1) is 6.61 Å². The zero-order chi connectivity index (χ0) is 13.7. The number of primary amides is 1. The van der Waals surface area contributed by atoms with Gasteiger partial charge in [0.15, 0.2) is 0 Å². The Hall–Kier alpha value is -1.10. The van der Waals surface area contributed by atoms with Gasteiger partial charge in [-0.15, -0.1) is 0 Å². The molecule has 5 heteroatoms. The predicted octanol–water partition coefficient (Wildman–Crippen LogP) is 1.68. The first-order valence-electron chi connectivity index (χ1n) is 6.50. The highest BCUT2D eigenvalue weighted by Gasteiger charge is 2.29. The van der Waals surface area contributed by atoms with Crippen LogP contribution in [0.15, 0.2) is 24.3 Å². The van der Waals surface area contributed by atoms with Gasteiger partial charge in [-0.25, -0.2) is 0 Å². The molecule has 0 radical (unpaired) electrons. The van der Waals surface area contributed by atoms with E-state index in [1.165, 1.54) is 5.56 Å². The van der Waals surface area contributed by atoms with E-state index >= 15 is 0 Å². The van der Waals surface area contributed by atoms with Crippen LogP contribution < -0.4 is 11.1 Å². The number of amides is 1. The molecule has 1 fully saturated rings. The molecule has 0 unspecified atom stereocenters. The van der Waals surface area contributed by atoms with Crippen LogP contribution in [0.4, 0.5) is 0 Å². The molecule has 0 spiro atoms. The lowest BCUT2D eigenvalue weighted by molar-refractivity contribution is -0.122. The summed E-state index contributed by atoms with van der Waals surface area (Å²) in [5.74, 6) is 0.202. The van der Waals surface area contributed by atoms with Crippen molar-refractivity contribution in [1.29, 1.82) is 0 Å². The number of ether oxygens (including phenoxy) is 1. The fourth-order valence-corrected chi connectivity index (χ4v) is 2.43. The molecule has 0 saturated heterocycles. The number of rotatable bonds is 7. The van der Waals surface area contributed by atoms with Crippen LogP contribution in [0.2, 0.25) is 5.02 Å². The number of nitrogens with one attached hydrogen (secondary N) is 1. The maximum Gasteiger partial charge on any atom is 0.243 e. The summed E-state index contributed by atoms with van der Waals surface area (Å²) in [6.07, 6.45) is 2.27. The molecule has 1 aromatic rings. The Morgan fingerprint density at radius 1 is 1.37 bits per heavy atom. The van der Waals surface area contributed by atoms with Gasteiger partial charge >= 0.3 is 0 Å². The zero-order valence-corrected chi connectivity index (χ0v) is 11.5. The Bertz CT molecular complexity index is 416. The van der Waals surface area contributed by atoms with E-state index < -0.39 is 5.91 Å². The van der Waals surface area contributed by atoms with Crippen molar-refractivity contribution in [2.24, 2.45) is 5.73 Å². The minimum Gasteiger partial charge on any atom is -0.370 e. The first kappa shape index (κ1) is 14.3. The maximum absolute atomic E-state index is 10.5. The van der Waals surface area contributed by atoms with Crippen molar-refractivity contribution in [1.82, 2.24) is 5.32 Å². The van der Waals surface area contributed by atoms with E-state index in [-0.39, 0.29) is 6.61 Å².